The van der Waals surface area contributed by atoms with E-state index in [2.05, 4.69) is 43.4 Å². The molecule has 4 N–H and O–H groups in total. The largest absolute Gasteiger partial charge is 0.466 e. The first kappa shape index (κ1) is 30.5. The van der Waals surface area contributed by atoms with E-state index in [9.17, 15) is 14.4 Å². The molecule has 2 heterocycles. The number of piperazine rings is 1. The Kier molecular flexibility index (Phi) is 10.2. The average Bonchev–Trinajstić information content (AvgIpc) is 3.00. The highest BCUT2D eigenvalue weighted by Gasteiger charge is 2.37. The van der Waals surface area contributed by atoms with E-state index >= 15 is 0 Å². The Morgan fingerprint density at radius 3 is 2.10 bits per heavy atom. The lowest BCUT2D eigenvalue weighted by Gasteiger charge is -2.35. The van der Waals surface area contributed by atoms with E-state index in [0.29, 0.717) is 33.8 Å². The van der Waals surface area contributed by atoms with Gasteiger partial charge in [0.15, 0.2) is 5.11 Å². The van der Waals surface area contributed by atoms with Crippen molar-refractivity contribution in [3.05, 3.63) is 82.7 Å². The van der Waals surface area contributed by atoms with E-state index < -0.39 is 17.9 Å². The molecule has 11 nitrogen and oxygen atoms in total. The van der Waals surface area contributed by atoms with Gasteiger partial charge in [0, 0.05) is 48.9 Å². The number of carbonyl (C=O) groups is 3. The summed E-state index contributed by atoms with van der Waals surface area (Å²) in [6.07, 6.45) is 0. The number of nitrogens with zero attached hydrogens (tertiary/aromatic N) is 2. The number of nitrogens with one attached hydrogen (secondary N) is 4. The van der Waals surface area contributed by atoms with Crippen molar-refractivity contribution in [2.75, 3.05) is 57.2 Å². The zero-order valence-corrected chi connectivity index (χ0v) is 25.0. The van der Waals surface area contributed by atoms with Crippen LogP contribution in [-0.2, 0) is 23.9 Å². The van der Waals surface area contributed by atoms with Gasteiger partial charge in [0.1, 0.15) is 0 Å². The molecule has 4 rings (SSSR count). The van der Waals surface area contributed by atoms with E-state index in [1.54, 1.807) is 32.0 Å². The van der Waals surface area contributed by atoms with Crippen molar-refractivity contribution < 1.29 is 23.9 Å². The van der Waals surface area contributed by atoms with Gasteiger partial charge in [-0.15, -0.1) is 0 Å². The molecule has 0 saturated carbocycles. The fraction of sp³-hybridized carbons (Fsp3) is 0.333. The van der Waals surface area contributed by atoms with Crippen LogP contribution < -0.4 is 26.4 Å². The Hall–Kier alpha value is -4.42. The molecule has 0 atom stereocenters. The highest BCUT2D eigenvalue weighted by Crippen LogP contribution is 2.39. The quantitative estimate of drug-likeness (QED) is 0.215. The number of rotatable bonds is 7. The highest BCUT2D eigenvalue weighted by molar-refractivity contribution is 7.80. The standard InChI is InChI=1S/C30H36N6O5S/c1-19-25(28(38)40-3)27(26(20(2)31-19)29(39)41-4)21-9-8-10-22(17-21)32-30(42)34-33-24(37)18-35-13-15-36(16-14-35)23-11-6-5-7-12-23/h5-12,17,27,31H,13-16,18H2,1-4H3,(H,33,37)(H2,32,34,42). The van der Waals surface area contributed by atoms with Crippen molar-refractivity contribution in [2.45, 2.75) is 19.8 Å². The van der Waals surface area contributed by atoms with Gasteiger partial charge in [-0.25, -0.2) is 9.59 Å². The summed E-state index contributed by atoms with van der Waals surface area (Å²) in [6.45, 7) is 6.99. The number of anilines is 2. The molecule has 0 unspecified atom stereocenters. The van der Waals surface area contributed by atoms with Crippen LogP contribution >= 0.6 is 12.2 Å². The summed E-state index contributed by atoms with van der Waals surface area (Å²) >= 11 is 5.40. The highest BCUT2D eigenvalue weighted by atomic mass is 32.1. The third-order valence-corrected chi connectivity index (χ3v) is 7.43. The maximum atomic E-state index is 12.8. The first-order chi connectivity index (χ1) is 20.2. The van der Waals surface area contributed by atoms with Gasteiger partial charge in [-0.3, -0.25) is 20.5 Å². The predicted molar refractivity (Wildman–Crippen MR) is 164 cm³/mol. The Balaban J connectivity index is 1.36. The molecular weight excluding hydrogens is 556 g/mol. The smallest absolute Gasteiger partial charge is 0.336 e. The maximum Gasteiger partial charge on any atom is 0.336 e. The molecule has 1 fully saturated rings. The van der Waals surface area contributed by atoms with Gasteiger partial charge in [0.25, 0.3) is 5.91 Å². The normalized spacial score (nSPS) is 16.0. The van der Waals surface area contributed by atoms with Gasteiger partial charge in [0.2, 0.25) is 0 Å². The number of methoxy groups -OCH3 is 2. The minimum atomic E-state index is -0.725. The Labute approximate surface area is 250 Å². The average molecular weight is 593 g/mol. The Morgan fingerprint density at radius 2 is 1.50 bits per heavy atom. The number of dihydropyridines is 1. The number of hydrogen-bond donors (Lipinski definition) is 4. The van der Waals surface area contributed by atoms with Crippen molar-refractivity contribution in [3.63, 3.8) is 0 Å². The topological polar surface area (TPSA) is 124 Å². The first-order valence-electron chi connectivity index (χ1n) is 13.5. The predicted octanol–water partition coefficient (Wildman–Crippen LogP) is 2.41. The van der Waals surface area contributed by atoms with Crippen LogP contribution in [0.2, 0.25) is 0 Å². The van der Waals surface area contributed by atoms with E-state index in [1.165, 1.54) is 19.9 Å². The first-order valence-corrected chi connectivity index (χ1v) is 14.0. The summed E-state index contributed by atoms with van der Waals surface area (Å²) in [5.41, 5.74) is 9.60. The van der Waals surface area contributed by atoms with E-state index in [-0.39, 0.29) is 17.6 Å². The number of carbonyl (C=O) groups excluding carboxylic acids is 3. The second kappa shape index (κ2) is 14.0. The molecule has 1 saturated heterocycles. The molecule has 42 heavy (non-hydrogen) atoms. The summed E-state index contributed by atoms with van der Waals surface area (Å²) in [7, 11) is 2.59. The number of amides is 1. The Bertz CT molecular complexity index is 1360. The number of ether oxygens (including phenoxy) is 2. The lowest BCUT2D eigenvalue weighted by atomic mass is 9.80. The molecule has 222 valence electrons. The summed E-state index contributed by atoms with van der Waals surface area (Å²) in [5.74, 6) is -2.05. The number of para-hydroxylation sites is 1. The number of benzene rings is 2. The lowest BCUT2D eigenvalue weighted by molar-refractivity contribution is -0.137. The van der Waals surface area contributed by atoms with Crippen LogP contribution in [0.1, 0.15) is 25.3 Å². The summed E-state index contributed by atoms with van der Waals surface area (Å²) in [5, 5.41) is 6.32. The summed E-state index contributed by atoms with van der Waals surface area (Å²) < 4.78 is 10.1. The van der Waals surface area contributed by atoms with Crippen LogP contribution in [0.5, 0.6) is 0 Å². The van der Waals surface area contributed by atoms with E-state index in [4.69, 9.17) is 21.7 Å². The van der Waals surface area contributed by atoms with Crippen molar-refractivity contribution in [2.24, 2.45) is 0 Å². The van der Waals surface area contributed by atoms with Gasteiger partial charge < -0.3 is 25.0 Å². The maximum absolute atomic E-state index is 12.8. The van der Waals surface area contributed by atoms with Crippen LogP contribution in [0, 0.1) is 0 Å². The lowest BCUT2D eigenvalue weighted by Crippen LogP contribution is -2.52. The van der Waals surface area contributed by atoms with Crippen LogP contribution in [0.25, 0.3) is 0 Å². The molecule has 2 aromatic carbocycles. The van der Waals surface area contributed by atoms with Crippen molar-refractivity contribution in [3.8, 4) is 0 Å². The molecular formula is C30H36N6O5S. The minimum Gasteiger partial charge on any atom is -0.466 e. The molecule has 0 aliphatic carbocycles. The van der Waals surface area contributed by atoms with Crippen LogP contribution in [0.15, 0.2) is 77.1 Å². The monoisotopic (exact) mass is 592 g/mol. The van der Waals surface area contributed by atoms with Gasteiger partial charge >= 0.3 is 11.9 Å². The number of allylic oxidation sites excluding steroid dienone is 2. The van der Waals surface area contributed by atoms with Gasteiger partial charge in [-0.05, 0) is 55.9 Å². The second-order valence-corrected chi connectivity index (χ2v) is 10.4. The van der Waals surface area contributed by atoms with Crippen LogP contribution in [-0.4, -0.2) is 74.8 Å². The van der Waals surface area contributed by atoms with Gasteiger partial charge in [-0.1, -0.05) is 30.3 Å². The molecule has 0 aromatic heterocycles. The fourth-order valence-corrected chi connectivity index (χ4v) is 5.39. The zero-order valence-electron chi connectivity index (χ0n) is 24.2. The third-order valence-electron chi connectivity index (χ3n) is 7.23. The molecule has 0 radical (unpaired) electrons. The van der Waals surface area contributed by atoms with Gasteiger partial charge in [0.05, 0.1) is 37.8 Å². The Morgan fingerprint density at radius 1 is 0.881 bits per heavy atom. The molecule has 2 aliphatic rings. The van der Waals surface area contributed by atoms with E-state index in [0.717, 1.165) is 26.2 Å². The summed E-state index contributed by atoms with van der Waals surface area (Å²) in [6, 6.07) is 17.4. The second-order valence-electron chi connectivity index (χ2n) is 9.97. The van der Waals surface area contributed by atoms with Crippen molar-refractivity contribution in [1.29, 1.82) is 0 Å². The van der Waals surface area contributed by atoms with Crippen molar-refractivity contribution in [1.82, 2.24) is 21.1 Å². The number of thiocarbonyl (C=S) groups is 1. The molecule has 2 aliphatic heterocycles. The molecule has 12 heteroatoms. The fourth-order valence-electron chi connectivity index (χ4n) is 5.22. The van der Waals surface area contributed by atoms with Gasteiger partial charge in [-0.2, -0.15) is 0 Å². The van der Waals surface area contributed by atoms with E-state index in [1.807, 2.05) is 24.3 Å². The minimum absolute atomic E-state index is 0.180. The number of hydrogen-bond acceptors (Lipinski definition) is 9. The third kappa shape index (κ3) is 7.25. The molecule has 1 amide bonds. The molecule has 0 bridgehead atoms. The summed E-state index contributed by atoms with van der Waals surface area (Å²) in [4.78, 5) is 42.5. The molecule has 0 spiro atoms. The zero-order chi connectivity index (χ0) is 30.2. The molecule has 2 aromatic rings. The van der Waals surface area contributed by atoms with Crippen LogP contribution in [0.4, 0.5) is 11.4 Å². The number of esters is 2. The van der Waals surface area contributed by atoms with Crippen LogP contribution in [0.3, 0.4) is 0 Å². The van der Waals surface area contributed by atoms with Crippen molar-refractivity contribution >= 4 is 46.6 Å². The SMILES string of the molecule is COC(=O)C1=C(C)NC(C)=C(C(=O)OC)C1c1cccc(NC(=S)NNC(=O)CN2CCN(c3ccccc3)CC2)c1. The number of hydrazine groups is 1.